The van der Waals surface area contributed by atoms with Crippen molar-refractivity contribution in [2.75, 3.05) is 0 Å². The number of aryl methyl sites for hydroxylation is 4. The summed E-state index contributed by atoms with van der Waals surface area (Å²) >= 11 is 6.33. The van der Waals surface area contributed by atoms with E-state index in [9.17, 15) is 0 Å². The Hall–Kier alpha value is -1.68. The number of hydrogen-bond acceptors (Lipinski definition) is 3. The van der Waals surface area contributed by atoms with Crippen LogP contribution in [0.3, 0.4) is 0 Å². The van der Waals surface area contributed by atoms with E-state index in [0.29, 0.717) is 5.02 Å². The van der Waals surface area contributed by atoms with Gasteiger partial charge in [0.05, 0.1) is 39.2 Å². The van der Waals surface area contributed by atoms with Crippen LogP contribution in [0.1, 0.15) is 47.5 Å². The van der Waals surface area contributed by atoms with Gasteiger partial charge in [0.2, 0.25) is 0 Å². The molecular formula is C25H28Cl3FeN3. The maximum atomic E-state index is 6.33. The molecule has 0 N–H and O–H groups in total. The molecule has 0 amide bonds. The number of aliphatic imine (C=N–C) groups is 2. The number of aromatic nitrogens is 1. The van der Waals surface area contributed by atoms with Gasteiger partial charge in [-0.2, -0.15) is 0 Å². The molecule has 0 aliphatic carbocycles. The van der Waals surface area contributed by atoms with Crippen molar-refractivity contribution in [1.82, 2.24) is 4.98 Å². The van der Waals surface area contributed by atoms with Crippen LogP contribution in [0.25, 0.3) is 0 Å². The van der Waals surface area contributed by atoms with E-state index in [4.69, 9.17) is 26.6 Å². The normalized spacial score (nSPS) is 11.2. The van der Waals surface area contributed by atoms with Crippen LogP contribution in [0, 0.1) is 27.7 Å². The summed E-state index contributed by atoms with van der Waals surface area (Å²) in [5.41, 5.74) is 9.78. The summed E-state index contributed by atoms with van der Waals surface area (Å²) in [6.07, 6.45) is 0. The van der Waals surface area contributed by atoms with Crippen LogP contribution in [-0.2, 0) is 17.1 Å². The van der Waals surface area contributed by atoms with Gasteiger partial charge in [-0.05, 0) is 76.4 Å². The quantitative estimate of drug-likeness (QED) is 0.247. The second kappa shape index (κ2) is 13.1. The average Bonchev–Trinajstić information content (AvgIpc) is 2.67. The van der Waals surface area contributed by atoms with E-state index in [1.165, 1.54) is 16.7 Å². The third kappa shape index (κ3) is 7.16. The minimum absolute atomic E-state index is 0. The molecule has 0 fully saturated rings. The Morgan fingerprint density at radius 1 is 0.719 bits per heavy atom. The minimum Gasteiger partial charge on any atom is -0.251 e. The van der Waals surface area contributed by atoms with Crippen molar-refractivity contribution in [3.63, 3.8) is 0 Å². The first-order valence-corrected chi connectivity index (χ1v) is 10.1. The fourth-order valence-corrected chi connectivity index (χ4v) is 3.67. The number of rotatable bonds is 4. The number of para-hydroxylation sites is 1. The molecule has 0 aliphatic rings. The molecule has 3 aromatic rings. The first-order chi connectivity index (χ1) is 13.8. The van der Waals surface area contributed by atoms with E-state index < -0.39 is 0 Å². The van der Waals surface area contributed by atoms with Crippen molar-refractivity contribution in [1.29, 1.82) is 0 Å². The molecule has 0 unspecified atom stereocenters. The van der Waals surface area contributed by atoms with Gasteiger partial charge >= 0.3 is 0 Å². The van der Waals surface area contributed by atoms with E-state index >= 15 is 0 Å². The molecule has 0 aliphatic heterocycles. The van der Waals surface area contributed by atoms with Crippen molar-refractivity contribution in [2.24, 2.45) is 9.98 Å². The molecule has 2 aromatic carbocycles. The Balaban J connectivity index is 0.00000320. The molecular weight excluding hydrogens is 505 g/mol. The summed E-state index contributed by atoms with van der Waals surface area (Å²) in [5.74, 6) is 0. The third-order valence-electron chi connectivity index (χ3n) is 4.87. The second-order valence-corrected chi connectivity index (χ2v) is 7.86. The average molecular weight is 533 g/mol. The molecule has 3 rings (SSSR count). The molecule has 1 aromatic heterocycles. The number of halogens is 3. The largest absolute Gasteiger partial charge is 0.251 e. The summed E-state index contributed by atoms with van der Waals surface area (Å²) < 4.78 is 0. The molecule has 0 radical (unpaired) electrons. The molecule has 0 bridgehead atoms. The number of benzene rings is 2. The van der Waals surface area contributed by atoms with Crippen LogP contribution in [0.15, 0.2) is 58.5 Å². The number of pyridine rings is 1. The Kier molecular flexibility index (Phi) is 12.4. The maximum Gasteiger partial charge on any atom is 0.0849 e. The maximum absolute atomic E-state index is 6.33. The predicted molar refractivity (Wildman–Crippen MR) is 139 cm³/mol. The molecule has 3 nitrogen and oxygen atoms in total. The molecule has 0 atom stereocenters. The standard InChI is InChI=1S/C25H26ClN3.2ClH.Fe/c1-15-13-17(3)24(18(4)14-15)27-19(5)22-11-8-12-23(29-22)20(6)28-25-16(2)9-7-10-21(25)26;;;/h7-14H,1-6H3;2*1H;. The van der Waals surface area contributed by atoms with Crippen molar-refractivity contribution < 1.29 is 17.1 Å². The van der Waals surface area contributed by atoms with Crippen LogP contribution >= 0.6 is 36.4 Å². The molecule has 32 heavy (non-hydrogen) atoms. The van der Waals surface area contributed by atoms with Crippen molar-refractivity contribution in [3.8, 4) is 0 Å². The van der Waals surface area contributed by atoms with E-state index in [2.05, 4.69) is 32.9 Å². The monoisotopic (exact) mass is 531 g/mol. The minimum atomic E-state index is 0. The SMILES string of the molecule is CC(=Nc1c(C)cc(C)cc1C)c1cccc(C(C)=Nc2c(C)cccc2Cl)n1.Cl.Cl.[Fe]. The molecule has 7 heteroatoms. The van der Waals surface area contributed by atoms with E-state index in [-0.39, 0.29) is 41.9 Å². The van der Waals surface area contributed by atoms with E-state index in [1.54, 1.807) is 0 Å². The Morgan fingerprint density at radius 3 is 1.69 bits per heavy atom. The van der Waals surface area contributed by atoms with Gasteiger partial charge in [0.25, 0.3) is 0 Å². The fourth-order valence-electron chi connectivity index (χ4n) is 3.40. The zero-order valence-corrected chi connectivity index (χ0v) is 22.5. The van der Waals surface area contributed by atoms with Gasteiger partial charge in [-0.25, -0.2) is 9.98 Å². The summed E-state index contributed by atoms with van der Waals surface area (Å²) in [4.78, 5) is 14.4. The zero-order valence-electron chi connectivity index (χ0n) is 19.0. The summed E-state index contributed by atoms with van der Waals surface area (Å²) in [6, 6.07) is 16.0. The van der Waals surface area contributed by atoms with Crippen molar-refractivity contribution >= 4 is 59.2 Å². The predicted octanol–water partition coefficient (Wildman–Crippen LogP) is 8.09. The first-order valence-electron chi connectivity index (χ1n) is 9.67. The van der Waals surface area contributed by atoms with Gasteiger partial charge in [-0.15, -0.1) is 24.8 Å². The molecule has 1 heterocycles. The van der Waals surface area contributed by atoms with Crippen LogP contribution in [-0.4, -0.2) is 16.4 Å². The van der Waals surface area contributed by atoms with Gasteiger partial charge in [-0.3, -0.25) is 4.99 Å². The Morgan fingerprint density at radius 2 is 1.19 bits per heavy atom. The van der Waals surface area contributed by atoms with Crippen molar-refractivity contribution in [2.45, 2.75) is 41.5 Å². The van der Waals surface area contributed by atoms with Gasteiger partial charge in [0, 0.05) is 17.1 Å². The smallest absolute Gasteiger partial charge is 0.0849 e. The Bertz CT molecular complexity index is 1100. The molecule has 0 spiro atoms. The van der Waals surface area contributed by atoms with E-state index in [1.807, 2.05) is 57.2 Å². The summed E-state index contributed by atoms with van der Waals surface area (Å²) in [6.45, 7) is 12.3. The summed E-state index contributed by atoms with van der Waals surface area (Å²) in [7, 11) is 0. The second-order valence-electron chi connectivity index (χ2n) is 7.46. The van der Waals surface area contributed by atoms with Crippen LogP contribution < -0.4 is 0 Å². The van der Waals surface area contributed by atoms with E-state index in [0.717, 1.165) is 39.7 Å². The van der Waals surface area contributed by atoms with Gasteiger partial charge < -0.3 is 0 Å². The van der Waals surface area contributed by atoms with Gasteiger partial charge in [0.15, 0.2) is 0 Å². The third-order valence-corrected chi connectivity index (χ3v) is 5.18. The molecule has 0 saturated carbocycles. The van der Waals surface area contributed by atoms with Gasteiger partial charge in [0.1, 0.15) is 0 Å². The van der Waals surface area contributed by atoms with Gasteiger partial charge in [-0.1, -0.05) is 47.5 Å². The van der Waals surface area contributed by atoms with Crippen molar-refractivity contribution in [3.05, 3.63) is 87.2 Å². The first kappa shape index (κ1) is 30.3. The van der Waals surface area contributed by atoms with Crippen LogP contribution in [0.4, 0.5) is 11.4 Å². The Labute approximate surface area is 219 Å². The van der Waals surface area contributed by atoms with Crippen LogP contribution in [0.2, 0.25) is 5.02 Å². The topological polar surface area (TPSA) is 37.6 Å². The molecule has 172 valence electrons. The fraction of sp³-hybridized carbons (Fsp3) is 0.240. The number of nitrogens with zero attached hydrogens (tertiary/aromatic N) is 3. The zero-order chi connectivity index (χ0) is 21.1. The molecule has 0 saturated heterocycles. The number of hydrogen-bond donors (Lipinski definition) is 0. The summed E-state index contributed by atoms with van der Waals surface area (Å²) in [5, 5.41) is 0.642. The van der Waals surface area contributed by atoms with Crippen LogP contribution in [0.5, 0.6) is 0 Å².